The van der Waals surface area contributed by atoms with Gasteiger partial charge in [0.1, 0.15) is 11.6 Å². The third-order valence-electron chi connectivity index (χ3n) is 5.56. The fourth-order valence-electron chi connectivity index (χ4n) is 4.10. The summed E-state index contributed by atoms with van der Waals surface area (Å²) in [7, 11) is 0. The molecule has 4 aromatic rings. The number of ether oxygens (including phenoxy) is 1. The molecule has 8 heteroatoms. The maximum absolute atomic E-state index is 14.0. The molecule has 1 fully saturated rings. The molecule has 1 N–H and O–H groups in total. The number of aromatic amines is 1. The van der Waals surface area contributed by atoms with Crippen molar-refractivity contribution in [2.45, 2.75) is 32.0 Å². The number of halogens is 1. The Balaban J connectivity index is 1.74. The van der Waals surface area contributed by atoms with Crippen molar-refractivity contribution in [3.63, 3.8) is 0 Å². The molecule has 1 saturated heterocycles. The Morgan fingerprint density at radius 3 is 2.68 bits per heavy atom. The van der Waals surface area contributed by atoms with Crippen molar-refractivity contribution in [3.8, 4) is 11.4 Å². The normalized spacial score (nSPS) is 16.2. The average Bonchev–Trinajstić information content (AvgIpc) is 3.40. The number of hydrogen-bond acceptors (Lipinski definition) is 4. The third-order valence-corrected chi connectivity index (χ3v) is 5.56. The van der Waals surface area contributed by atoms with Crippen LogP contribution in [0.4, 0.5) is 4.39 Å². The first-order chi connectivity index (χ1) is 15.1. The minimum absolute atomic E-state index is 0.0707. The lowest BCUT2D eigenvalue weighted by Crippen LogP contribution is -2.32. The van der Waals surface area contributed by atoms with E-state index in [0.29, 0.717) is 24.5 Å². The number of aromatic nitrogens is 4. The maximum Gasteiger partial charge on any atom is 0.330 e. The molecule has 0 amide bonds. The molecule has 2 aromatic carbocycles. The Morgan fingerprint density at radius 1 is 1.10 bits per heavy atom. The molecule has 1 aliphatic heterocycles. The molecule has 0 saturated carbocycles. The van der Waals surface area contributed by atoms with E-state index >= 15 is 0 Å². The molecule has 0 spiro atoms. The molecule has 2 aromatic heterocycles. The highest BCUT2D eigenvalue weighted by molar-refractivity contribution is 5.77. The number of benzene rings is 2. The minimum atomic E-state index is -0.533. The van der Waals surface area contributed by atoms with Crippen molar-refractivity contribution in [2.75, 3.05) is 6.61 Å². The van der Waals surface area contributed by atoms with Gasteiger partial charge in [-0.15, -0.1) is 0 Å². The second-order valence-corrected chi connectivity index (χ2v) is 7.69. The van der Waals surface area contributed by atoms with Crippen molar-refractivity contribution < 1.29 is 9.13 Å². The lowest BCUT2D eigenvalue weighted by Gasteiger charge is -2.14. The fraction of sp³-hybridized carbons (Fsp3) is 0.261. The zero-order valence-corrected chi connectivity index (χ0v) is 16.8. The summed E-state index contributed by atoms with van der Waals surface area (Å²) < 4.78 is 22.9. The standard InChI is InChI=1S/C23H21FN4O3/c24-17-9-4-8-16(12-17)20-25-21-19(27(20)14-18-10-5-11-31-18)22(29)26-23(30)28(21)13-15-6-2-1-3-7-15/h1-4,6-9,12,18H,5,10-11,13-14H2,(H,26,29,30)/t18-/m1/s1. The van der Waals surface area contributed by atoms with Crippen LogP contribution in [-0.4, -0.2) is 31.8 Å². The summed E-state index contributed by atoms with van der Waals surface area (Å²) in [4.78, 5) is 32.6. The number of imidazole rings is 1. The van der Waals surface area contributed by atoms with Crippen LogP contribution in [0.5, 0.6) is 0 Å². The van der Waals surface area contributed by atoms with Crippen molar-refractivity contribution >= 4 is 11.2 Å². The first-order valence-corrected chi connectivity index (χ1v) is 10.2. The average molecular weight is 420 g/mol. The van der Waals surface area contributed by atoms with Gasteiger partial charge >= 0.3 is 5.69 Å². The minimum Gasteiger partial charge on any atom is -0.376 e. The van der Waals surface area contributed by atoms with Crippen LogP contribution < -0.4 is 11.2 Å². The molecule has 1 aliphatic rings. The van der Waals surface area contributed by atoms with Crippen molar-refractivity contribution in [1.29, 1.82) is 0 Å². The van der Waals surface area contributed by atoms with Gasteiger partial charge in [-0.1, -0.05) is 42.5 Å². The summed E-state index contributed by atoms with van der Waals surface area (Å²) in [6.07, 6.45) is 1.74. The van der Waals surface area contributed by atoms with E-state index in [4.69, 9.17) is 4.74 Å². The van der Waals surface area contributed by atoms with Crippen LogP contribution in [0.25, 0.3) is 22.6 Å². The fourth-order valence-corrected chi connectivity index (χ4v) is 4.10. The molecule has 0 radical (unpaired) electrons. The Kier molecular flexibility index (Phi) is 4.99. The summed E-state index contributed by atoms with van der Waals surface area (Å²) in [5.41, 5.74) is 0.942. The third kappa shape index (κ3) is 3.70. The van der Waals surface area contributed by atoms with Gasteiger partial charge in [-0.25, -0.2) is 14.2 Å². The highest BCUT2D eigenvalue weighted by Crippen LogP contribution is 2.26. The number of fused-ring (bicyclic) bond motifs is 1. The number of nitrogens with zero attached hydrogens (tertiary/aromatic N) is 3. The molecular formula is C23H21FN4O3. The molecule has 0 aliphatic carbocycles. The second-order valence-electron chi connectivity index (χ2n) is 7.69. The van der Waals surface area contributed by atoms with E-state index in [0.717, 1.165) is 18.4 Å². The predicted molar refractivity (Wildman–Crippen MR) is 115 cm³/mol. The highest BCUT2D eigenvalue weighted by Gasteiger charge is 2.24. The zero-order valence-electron chi connectivity index (χ0n) is 16.8. The second kappa shape index (κ2) is 7.96. The first kappa shape index (κ1) is 19.4. The number of rotatable bonds is 5. The number of hydrogen-bond donors (Lipinski definition) is 1. The lowest BCUT2D eigenvalue weighted by molar-refractivity contribution is 0.0982. The van der Waals surface area contributed by atoms with Gasteiger partial charge in [0.05, 0.1) is 19.2 Å². The number of H-pyrrole nitrogens is 1. The van der Waals surface area contributed by atoms with Crippen LogP contribution in [0.2, 0.25) is 0 Å². The van der Waals surface area contributed by atoms with Gasteiger partial charge in [-0.05, 0) is 30.5 Å². The van der Waals surface area contributed by atoms with Crippen LogP contribution in [0.15, 0.2) is 64.2 Å². The Labute approximate surface area is 176 Å². The molecule has 1 atom stereocenters. The first-order valence-electron chi connectivity index (χ1n) is 10.2. The van der Waals surface area contributed by atoms with Gasteiger partial charge in [0.2, 0.25) is 0 Å². The van der Waals surface area contributed by atoms with Crippen LogP contribution >= 0.6 is 0 Å². The Bertz CT molecular complexity index is 1350. The monoisotopic (exact) mass is 420 g/mol. The van der Waals surface area contributed by atoms with Gasteiger partial charge in [-0.2, -0.15) is 0 Å². The van der Waals surface area contributed by atoms with E-state index in [2.05, 4.69) is 9.97 Å². The van der Waals surface area contributed by atoms with E-state index in [1.807, 2.05) is 30.3 Å². The van der Waals surface area contributed by atoms with E-state index in [1.165, 1.54) is 16.7 Å². The van der Waals surface area contributed by atoms with Gasteiger partial charge in [-0.3, -0.25) is 14.3 Å². The van der Waals surface area contributed by atoms with E-state index < -0.39 is 17.1 Å². The summed E-state index contributed by atoms with van der Waals surface area (Å²) in [5.74, 6) is 0.0340. The van der Waals surface area contributed by atoms with Crippen LogP contribution in [0.1, 0.15) is 18.4 Å². The summed E-state index contributed by atoms with van der Waals surface area (Å²) >= 11 is 0. The largest absolute Gasteiger partial charge is 0.376 e. The van der Waals surface area contributed by atoms with E-state index in [9.17, 15) is 14.0 Å². The van der Waals surface area contributed by atoms with Crippen molar-refractivity contribution in [3.05, 3.63) is 86.8 Å². The molecule has 0 bridgehead atoms. The smallest absolute Gasteiger partial charge is 0.330 e. The van der Waals surface area contributed by atoms with E-state index in [1.54, 1.807) is 16.7 Å². The Hall–Kier alpha value is -3.52. The summed E-state index contributed by atoms with van der Waals surface area (Å²) in [5, 5.41) is 0. The van der Waals surface area contributed by atoms with Crippen molar-refractivity contribution in [2.24, 2.45) is 0 Å². The molecule has 5 rings (SSSR count). The van der Waals surface area contributed by atoms with Crippen LogP contribution in [0.3, 0.4) is 0 Å². The maximum atomic E-state index is 14.0. The SMILES string of the molecule is O=c1[nH]c(=O)n(Cc2ccccc2)c2nc(-c3cccc(F)c3)n(C[C@H]3CCCO3)c12. The zero-order chi connectivity index (χ0) is 21.4. The lowest BCUT2D eigenvalue weighted by atomic mass is 10.2. The highest BCUT2D eigenvalue weighted by atomic mass is 19.1. The van der Waals surface area contributed by atoms with Crippen molar-refractivity contribution in [1.82, 2.24) is 19.1 Å². The van der Waals surface area contributed by atoms with Gasteiger partial charge in [0.25, 0.3) is 5.56 Å². The Morgan fingerprint density at radius 2 is 1.94 bits per heavy atom. The van der Waals surface area contributed by atoms with Gasteiger partial charge in [0, 0.05) is 12.2 Å². The molecule has 7 nitrogen and oxygen atoms in total. The molecule has 0 unspecified atom stereocenters. The molecule has 31 heavy (non-hydrogen) atoms. The quantitative estimate of drug-likeness (QED) is 0.538. The molecule has 3 heterocycles. The topological polar surface area (TPSA) is 81.9 Å². The van der Waals surface area contributed by atoms with Gasteiger partial charge < -0.3 is 9.30 Å². The van der Waals surface area contributed by atoms with Crippen LogP contribution in [-0.2, 0) is 17.8 Å². The summed E-state index contributed by atoms with van der Waals surface area (Å²) in [6.45, 7) is 1.32. The predicted octanol–water partition coefficient (Wildman–Crippen LogP) is 2.92. The summed E-state index contributed by atoms with van der Waals surface area (Å²) in [6, 6.07) is 15.5. The van der Waals surface area contributed by atoms with E-state index in [-0.39, 0.29) is 23.8 Å². The number of nitrogens with one attached hydrogen (secondary N) is 1. The van der Waals surface area contributed by atoms with Gasteiger partial charge in [0.15, 0.2) is 11.2 Å². The molecule has 158 valence electrons. The van der Waals surface area contributed by atoms with Crippen LogP contribution in [0, 0.1) is 5.82 Å². The molecular weight excluding hydrogens is 399 g/mol.